The van der Waals surface area contributed by atoms with Crippen molar-refractivity contribution in [3.63, 3.8) is 0 Å². The molecule has 2 atom stereocenters. The van der Waals surface area contributed by atoms with Gasteiger partial charge in [-0.1, -0.05) is 11.6 Å². The number of thiophene rings is 1. The number of hydrogen-bond acceptors (Lipinski definition) is 2. The molecule has 0 aliphatic carbocycles. The molecule has 3 rings (SSSR count). The van der Waals surface area contributed by atoms with E-state index in [-0.39, 0.29) is 0 Å². The van der Waals surface area contributed by atoms with Gasteiger partial charge in [-0.3, -0.25) is 0 Å². The fraction of sp³-hybridized carbons (Fsp3) is 0.429. The molecule has 1 aliphatic rings. The Kier molecular flexibility index (Phi) is 3.12. The third kappa shape index (κ3) is 2.35. The van der Waals surface area contributed by atoms with Gasteiger partial charge in [0.05, 0.1) is 0 Å². The molecule has 1 N–H and O–H groups in total. The summed E-state index contributed by atoms with van der Waals surface area (Å²) in [5.41, 5.74) is 0. The molecule has 0 amide bonds. The monoisotopic (exact) mass is 265 g/mol. The van der Waals surface area contributed by atoms with E-state index >= 15 is 0 Å². The van der Waals surface area contributed by atoms with Gasteiger partial charge in [0.1, 0.15) is 0 Å². The predicted molar refractivity (Wildman–Crippen MR) is 76.3 cm³/mol. The van der Waals surface area contributed by atoms with Crippen LogP contribution in [0.2, 0.25) is 5.02 Å². The minimum Gasteiger partial charge on any atom is -0.314 e. The summed E-state index contributed by atoms with van der Waals surface area (Å²) in [7, 11) is 0. The maximum Gasteiger partial charge on any atom is 0.0412 e. The van der Waals surface area contributed by atoms with E-state index in [1.807, 2.05) is 17.4 Å². The third-order valence-corrected chi connectivity index (χ3v) is 5.04. The van der Waals surface area contributed by atoms with E-state index in [0.717, 1.165) is 17.5 Å². The Morgan fingerprint density at radius 3 is 3.06 bits per heavy atom. The van der Waals surface area contributed by atoms with E-state index in [1.54, 1.807) is 0 Å². The van der Waals surface area contributed by atoms with Crippen LogP contribution in [0.25, 0.3) is 10.1 Å². The minimum atomic E-state index is 0.641. The average Bonchev–Trinajstić information content (AvgIpc) is 2.72. The summed E-state index contributed by atoms with van der Waals surface area (Å²) in [6.45, 7) is 3.41. The molecule has 3 heteroatoms. The van der Waals surface area contributed by atoms with Crippen LogP contribution in [-0.2, 0) is 0 Å². The van der Waals surface area contributed by atoms with Crippen molar-refractivity contribution in [1.82, 2.24) is 5.32 Å². The lowest BCUT2D eigenvalue weighted by molar-refractivity contribution is 0.384. The van der Waals surface area contributed by atoms with E-state index in [0.29, 0.717) is 6.04 Å². The van der Waals surface area contributed by atoms with Crippen molar-refractivity contribution >= 4 is 33.0 Å². The summed E-state index contributed by atoms with van der Waals surface area (Å²) in [6.07, 6.45) is 2.51. The van der Waals surface area contributed by atoms with Crippen molar-refractivity contribution in [1.29, 1.82) is 0 Å². The first kappa shape index (κ1) is 11.5. The number of hydrogen-bond donors (Lipinski definition) is 1. The minimum absolute atomic E-state index is 0.641. The predicted octanol–water partition coefficient (Wildman–Crippen LogP) is 4.41. The number of nitrogens with one attached hydrogen (secondary N) is 1. The molecule has 0 spiro atoms. The Balaban J connectivity index is 1.94. The highest BCUT2D eigenvalue weighted by atomic mass is 35.5. The Labute approximate surface area is 111 Å². The highest BCUT2D eigenvalue weighted by Crippen LogP contribution is 2.36. The van der Waals surface area contributed by atoms with Gasteiger partial charge in [-0.15, -0.1) is 11.3 Å². The second kappa shape index (κ2) is 4.60. The largest absolute Gasteiger partial charge is 0.314 e. The molecule has 17 heavy (non-hydrogen) atoms. The van der Waals surface area contributed by atoms with Gasteiger partial charge in [0.15, 0.2) is 0 Å². The van der Waals surface area contributed by atoms with E-state index in [4.69, 9.17) is 11.6 Å². The fourth-order valence-corrected chi connectivity index (χ4v) is 4.00. The first-order valence-corrected chi connectivity index (χ1v) is 7.34. The van der Waals surface area contributed by atoms with Gasteiger partial charge in [0.25, 0.3) is 0 Å². The lowest BCUT2D eigenvalue weighted by Crippen LogP contribution is -2.34. The molecule has 0 radical (unpaired) electrons. The van der Waals surface area contributed by atoms with Crippen LogP contribution in [0, 0.1) is 0 Å². The quantitative estimate of drug-likeness (QED) is 0.805. The van der Waals surface area contributed by atoms with Gasteiger partial charge in [-0.25, -0.2) is 0 Å². The Hall–Kier alpha value is -0.570. The second-order valence-corrected chi connectivity index (χ2v) is 6.46. The molecule has 1 aromatic carbocycles. The molecule has 0 saturated carbocycles. The van der Waals surface area contributed by atoms with Crippen LogP contribution in [0.3, 0.4) is 0 Å². The zero-order chi connectivity index (χ0) is 11.8. The smallest absolute Gasteiger partial charge is 0.0412 e. The number of fused-ring (bicyclic) bond motifs is 1. The van der Waals surface area contributed by atoms with Crippen LogP contribution in [0.15, 0.2) is 24.3 Å². The molecule has 1 saturated heterocycles. The standard InChI is InChI=1S/C14H16ClNS/c1-9-6-10(4-5-16-9)14-8-11-7-12(15)2-3-13(11)17-14/h2-3,7-10,16H,4-6H2,1H3/t9-,10+/m0/s1. The van der Waals surface area contributed by atoms with E-state index < -0.39 is 0 Å². The summed E-state index contributed by atoms with van der Waals surface area (Å²) in [5.74, 6) is 0.724. The molecule has 90 valence electrons. The van der Waals surface area contributed by atoms with Crippen LogP contribution < -0.4 is 5.32 Å². The molecule has 0 unspecified atom stereocenters. The molecule has 2 heterocycles. The summed E-state index contributed by atoms with van der Waals surface area (Å²) in [6, 6.07) is 9.16. The van der Waals surface area contributed by atoms with Gasteiger partial charge in [0, 0.05) is 20.6 Å². The number of rotatable bonds is 1. The van der Waals surface area contributed by atoms with Gasteiger partial charge in [0.2, 0.25) is 0 Å². The van der Waals surface area contributed by atoms with Crippen LogP contribution in [0.4, 0.5) is 0 Å². The molecule has 1 aliphatic heterocycles. The first-order chi connectivity index (χ1) is 8.22. The summed E-state index contributed by atoms with van der Waals surface area (Å²) < 4.78 is 1.36. The van der Waals surface area contributed by atoms with Gasteiger partial charge >= 0.3 is 0 Å². The summed E-state index contributed by atoms with van der Waals surface area (Å²) in [5, 5.41) is 5.64. The fourth-order valence-electron chi connectivity index (χ4n) is 2.63. The average molecular weight is 266 g/mol. The number of benzene rings is 1. The van der Waals surface area contributed by atoms with Crippen molar-refractivity contribution < 1.29 is 0 Å². The zero-order valence-corrected chi connectivity index (χ0v) is 11.4. The lowest BCUT2D eigenvalue weighted by atomic mass is 9.92. The maximum absolute atomic E-state index is 6.03. The highest BCUT2D eigenvalue weighted by Gasteiger charge is 2.21. The SMILES string of the molecule is C[C@H]1C[C@H](c2cc3cc(Cl)ccc3s2)CCN1. The molecule has 1 fully saturated rings. The first-order valence-electron chi connectivity index (χ1n) is 6.15. The Morgan fingerprint density at radius 1 is 1.35 bits per heavy atom. The van der Waals surface area contributed by atoms with Crippen LogP contribution in [0.1, 0.15) is 30.6 Å². The number of piperidine rings is 1. The Morgan fingerprint density at radius 2 is 2.24 bits per heavy atom. The molecule has 1 nitrogen and oxygen atoms in total. The van der Waals surface area contributed by atoms with Crippen LogP contribution in [0.5, 0.6) is 0 Å². The molecular weight excluding hydrogens is 250 g/mol. The van der Waals surface area contributed by atoms with Gasteiger partial charge in [-0.05, 0) is 61.9 Å². The number of halogens is 1. The molecule has 1 aromatic heterocycles. The van der Waals surface area contributed by atoms with Crippen LogP contribution >= 0.6 is 22.9 Å². The normalized spacial score (nSPS) is 25.3. The highest BCUT2D eigenvalue weighted by molar-refractivity contribution is 7.19. The van der Waals surface area contributed by atoms with Crippen molar-refractivity contribution in [3.8, 4) is 0 Å². The lowest BCUT2D eigenvalue weighted by Gasteiger charge is -2.27. The molecular formula is C14H16ClNS. The summed E-state index contributed by atoms with van der Waals surface area (Å²) in [4.78, 5) is 1.52. The van der Waals surface area contributed by atoms with Crippen molar-refractivity contribution in [3.05, 3.63) is 34.2 Å². The topological polar surface area (TPSA) is 12.0 Å². The summed E-state index contributed by atoms with van der Waals surface area (Å²) >= 11 is 7.96. The molecule has 2 aromatic rings. The zero-order valence-electron chi connectivity index (χ0n) is 9.87. The third-order valence-electron chi connectivity index (χ3n) is 3.52. The van der Waals surface area contributed by atoms with Crippen molar-refractivity contribution in [2.24, 2.45) is 0 Å². The van der Waals surface area contributed by atoms with Crippen LogP contribution in [-0.4, -0.2) is 12.6 Å². The van der Waals surface area contributed by atoms with E-state index in [9.17, 15) is 0 Å². The van der Waals surface area contributed by atoms with Gasteiger partial charge < -0.3 is 5.32 Å². The van der Waals surface area contributed by atoms with E-state index in [1.165, 1.54) is 27.8 Å². The van der Waals surface area contributed by atoms with Crippen molar-refractivity contribution in [2.75, 3.05) is 6.54 Å². The second-order valence-electron chi connectivity index (χ2n) is 4.91. The molecule has 0 bridgehead atoms. The van der Waals surface area contributed by atoms with Gasteiger partial charge in [-0.2, -0.15) is 0 Å². The van der Waals surface area contributed by atoms with E-state index in [2.05, 4.69) is 30.4 Å². The van der Waals surface area contributed by atoms with Crippen molar-refractivity contribution in [2.45, 2.75) is 31.7 Å². The Bertz CT molecular complexity index is 534. The maximum atomic E-state index is 6.03.